The zero-order valence-corrected chi connectivity index (χ0v) is 13.6. The summed E-state index contributed by atoms with van der Waals surface area (Å²) in [6.07, 6.45) is 3.55. The molecule has 0 aromatic heterocycles. The molecule has 1 unspecified atom stereocenters. The van der Waals surface area contributed by atoms with Gasteiger partial charge >= 0.3 is 0 Å². The molecule has 0 saturated heterocycles. The van der Waals surface area contributed by atoms with Gasteiger partial charge in [-0.05, 0) is 32.1 Å². The molecule has 1 rings (SSSR count). The number of hydrogen-bond acceptors (Lipinski definition) is 3. The average Bonchev–Trinajstić information content (AvgIpc) is 2.47. The van der Waals surface area contributed by atoms with Gasteiger partial charge in [0.15, 0.2) is 0 Å². The standard InChI is InChI=1S/C17H29N3O/c1-4-6-10-13-20(3)14-17(16(18)21,19-5-2)15-11-8-7-9-12-15/h7-9,11-12,19H,4-6,10,13-14H2,1-3H3,(H2,18,21). The zero-order valence-electron chi connectivity index (χ0n) is 13.6. The normalized spacial score (nSPS) is 14.1. The number of unbranched alkanes of at least 4 members (excludes halogenated alkanes) is 2. The van der Waals surface area contributed by atoms with Gasteiger partial charge < -0.3 is 10.6 Å². The van der Waals surface area contributed by atoms with Crippen molar-refractivity contribution in [2.75, 3.05) is 26.7 Å². The van der Waals surface area contributed by atoms with Gasteiger partial charge in [-0.3, -0.25) is 10.1 Å². The number of carbonyl (C=O) groups excluding carboxylic acids is 1. The maximum atomic E-state index is 12.2. The molecule has 0 bridgehead atoms. The van der Waals surface area contributed by atoms with Crippen LogP contribution in [0.2, 0.25) is 0 Å². The molecule has 1 amide bonds. The Balaban J connectivity index is 2.94. The third-order valence-corrected chi connectivity index (χ3v) is 3.82. The molecule has 0 aliphatic heterocycles. The van der Waals surface area contributed by atoms with Crippen molar-refractivity contribution in [3.8, 4) is 0 Å². The van der Waals surface area contributed by atoms with Crippen molar-refractivity contribution in [3.05, 3.63) is 35.9 Å². The van der Waals surface area contributed by atoms with E-state index in [9.17, 15) is 4.79 Å². The quantitative estimate of drug-likeness (QED) is 0.649. The maximum absolute atomic E-state index is 12.2. The van der Waals surface area contributed by atoms with Crippen LogP contribution in [0.3, 0.4) is 0 Å². The van der Waals surface area contributed by atoms with E-state index < -0.39 is 5.54 Å². The summed E-state index contributed by atoms with van der Waals surface area (Å²) in [5, 5.41) is 3.32. The van der Waals surface area contributed by atoms with Gasteiger partial charge in [0.1, 0.15) is 5.54 Å². The first kappa shape index (κ1) is 17.7. The SMILES string of the molecule is CCCCCN(C)CC(NCC)(C(N)=O)c1ccccc1. The summed E-state index contributed by atoms with van der Waals surface area (Å²) in [7, 11) is 2.05. The number of benzene rings is 1. The maximum Gasteiger partial charge on any atom is 0.243 e. The Morgan fingerprint density at radius 2 is 1.90 bits per heavy atom. The van der Waals surface area contributed by atoms with E-state index in [1.807, 2.05) is 44.3 Å². The van der Waals surface area contributed by atoms with Gasteiger partial charge in [0.2, 0.25) is 5.91 Å². The lowest BCUT2D eigenvalue weighted by Gasteiger charge is -2.35. The molecule has 21 heavy (non-hydrogen) atoms. The number of likely N-dealkylation sites (N-methyl/N-ethyl adjacent to an activating group) is 2. The minimum Gasteiger partial charge on any atom is -0.368 e. The van der Waals surface area contributed by atoms with E-state index in [1.165, 1.54) is 12.8 Å². The van der Waals surface area contributed by atoms with Gasteiger partial charge in [-0.25, -0.2) is 0 Å². The Bertz CT molecular complexity index is 421. The van der Waals surface area contributed by atoms with Gasteiger partial charge in [-0.15, -0.1) is 0 Å². The molecule has 4 heteroatoms. The summed E-state index contributed by atoms with van der Waals surface area (Å²) in [5.74, 6) is -0.321. The molecular weight excluding hydrogens is 262 g/mol. The number of carbonyl (C=O) groups is 1. The first-order valence-electron chi connectivity index (χ1n) is 7.85. The molecule has 1 atom stereocenters. The van der Waals surface area contributed by atoms with Crippen LogP contribution in [0.4, 0.5) is 0 Å². The van der Waals surface area contributed by atoms with Crippen molar-refractivity contribution < 1.29 is 4.79 Å². The molecule has 1 aromatic carbocycles. The van der Waals surface area contributed by atoms with E-state index in [2.05, 4.69) is 17.1 Å². The summed E-state index contributed by atoms with van der Waals surface area (Å²) in [6.45, 7) is 6.44. The topological polar surface area (TPSA) is 58.4 Å². The lowest BCUT2D eigenvalue weighted by Crippen LogP contribution is -2.58. The van der Waals surface area contributed by atoms with E-state index in [0.717, 1.165) is 18.5 Å². The Hall–Kier alpha value is -1.39. The van der Waals surface area contributed by atoms with Crippen molar-refractivity contribution in [1.29, 1.82) is 0 Å². The van der Waals surface area contributed by atoms with Crippen LogP contribution < -0.4 is 11.1 Å². The lowest BCUT2D eigenvalue weighted by molar-refractivity contribution is -0.125. The number of primary amides is 1. The van der Waals surface area contributed by atoms with Crippen LogP contribution in [-0.2, 0) is 10.3 Å². The van der Waals surface area contributed by atoms with Gasteiger partial charge in [0.25, 0.3) is 0 Å². The molecule has 0 spiro atoms. The molecule has 0 aliphatic carbocycles. The predicted octanol–water partition coefficient (Wildman–Crippen LogP) is 2.10. The van der Waals surface area contributed by atoms with Crippen LogP contribution in [0.5, 0.6) is 0 Å². The highest BCUT2D eigenvalue weighted by Crippen LogP contribution is 2.22. The van der Waals surface area contributed by atoms with Crippen LogP contribution in [0, 0.1) is 0 Å². The highest BCUT2D eigenvalue weighted by Gasteiger charge is 2.38. The minimum absolute atomic E-state index is 0.321. The van der Waals surface area contributed by atoms with Crippen molar-refractivity contribution in [3.63, 3.8) is 0 Å². The third-order valence-electron chi connectivity index (χ3n) is 3.82. The monoisotopic (exact) mass is 291 g/mol. The number of nitrogens with one attached hydrogen (secondary N) is 1. The van der Waals surface area contributed by atoms with Crippen molar-refractivity contribution in [2.24, 2.45) is 5.73 Å². The first-order chi connectivity index (χ1) is 10.1. The summed E-state index contributed by atoms with van der Waals surface area (Å²) in [6, 6.07) is 9.77. The van der Waals surface area contributed by atoms with Crippen LogP contribution in [-0.4, -0.2) is 37.5 Å². The Kier molecular flexibility index (Phi) is 7.40. The summed E-state index contributed by atoms with van der Waals surface area (Å²) in [4.78, 5) is 14.4. The van der Waals surface area contributed by atoms with E-state index in [1.54, 1.807) is 0 Å². The van der Waals surface area contributed by atoms with E-state index in [0.29, 0.717) is 13.1 Å². The average molecular weight is 291 g/mol. The van der Waals surface area contributed by atoms with Crippen molar-refractivity contribution >= 4 is 5.91 Å². The molecule has 1 aromatic rings. The molecular formula is C17H29N3O. The van der Waals surface area contributed by atoms with Gasteiger partial charge in [0, 0.05) is 6.54 Å². The Morgan fingerprint density at radius 1 is 1.24 bits per heavy atom. The summed E-state index contributed by atoms with van der Waals surface area (Å²) < 4.78 is 0. The first-order valence-corrected chi connectivity index (χ1v) is 7.85. The molecule has 3 N–H and O–H groups in total. The van der Waals surface area contributed by atoms with Crippen LogP contribution in [0.25, 0.3) is 0 Å². The van der Waals surface area contributed by atoms with Crippen LogP contribution in [0.15, 0.2) is 30.3 Å². The van der Waals surface area contributed by atoms with Gasteiger partial charge in [0.05, 0.1) is 0 Å². The molecule has 0 saturated carbocycles. The van der Waals surface area contributed by atoms with Crippen molar-refractivity contribution in [1.82, 2.24) is 10.2 Å². The lowest BCUT2D eigenvalue weighted by atomic mass is 9.88. The third kappa shape index (κ3) is 4.83. The molecule has 118 valence electrons. The van der Waals surface area contributed by atoms with Crippen molar-refractivity contribution in [2.45, 2.75) is 38.6 Å². The van der Waals surface area contributed by atoms with E-state index in [-0.39, 0.29) is 5.91 Å². The molecule has 0 heterocycles. The fourth-order valence-corrected chi connectivity index (χ4v) is 2.70. The van der Waals surface area contributed by atoms with Gasteiger partial charge in [-0.2, -0.15) is 0 Å². The second kappa shape index (κ2) is 8.80. The number of rotatable bonds is 10. The number of nitrogens with zero attached hydrogens (tertiary/aromatic N) is 1. The summed E-state index contributed by atoms with van der Waals surface area (Å²) >= 11 is 0. The predicted molar refractivity (Wildman–Crippen MR) is 88.0 cm³/mol. The summed E-state index contributed by atoms with van der Waals surface area (Å²) in [5.41, 5.74) is 5.87. The minimum atomic E-state index is -0.822. The molecule has 0 fully saturated rings. The van der Waals surface area contributed by atoms with Crippen LogP contribution >= 0.6 is 0 Å². The Morgan fingerprint density at radius 3 is 2.43 bits per heavy atom. The van der Waals surface area contributed by atoms with Crippen LogP contribution in [0.1, 0.15) is 38.7 Å². The second-order valence-corrected chi connectivity index (χ2v) is 5.61. The fourth-order valence-electron chi connectivity index (χ4n) is 2.70. The number of amides is 1. The highest BCUT2D eigenvalue weighted by molar-refractivity contribution is 5.86. The van der Waals surface area contributed by atoms with E-state index >= 15 is 0 Å². The fraction of sp³-hybridized carbons (Fsp3) is 0.588. The Labute approximate surface area is 128 Å². The molecule has 4 nitrogen and oxygen atoms in total. The van der Waals surface area contributed by atoms with E-state index in [4.69, 9.17) is 5.73 Å². The number of hydrogen-bond donors (Lipinski definition) is 2. The molecule has 0 radical (unpaired) electrons. The smallest absolute Gasteiger partial charge is 0.243 e. The zero-order chi connectivity index (χ0) is 15.7. The van der Waals surface area contributed by atoms with Gasteiger partial charge in [-0.1, -0.05) is 57.0 Å². The number of nitrogens with two attached hydrogens (primary N) is 1. The largest absolute Gasteiger partial charge is 0.368 e. The molecule has 0 aliphatic rings. The highest BCUT2D eigenvalue weighted by atomic mass is 16.1. The second-order valence-electron chi connectivity index (χ2n) is 5.61.